The molecule has 0 spiro atoms. The third kappa shape index (κ3) is 4.25. The van der Waals surface area contributed by atoms with Crippen LogP contribution in [0.5, 0.6) is 0 Å². The van der Waals surface area contributed by atoms with E-state index in [0.29, 0.717) is 0 Å². The fourth-order valence-corrected chi connectivity index (χ4v) is 1.19. The molecule has 0 saturated carbocycles. The Morgan fingerprint density at radius 2 is 2.31 bits per heavy atom. The molecule has 0 amide bonds. The molecule has 0 aliphatic heterocycles. The normalized spacial score (nSPS) is 11.8. The van der Waals surface area contributed by atoms with E-state index in [1.165, 1.54) is 12.8 Å². The zero-order chi connectivity index (χ0) is 8.81. The Morgan fingerprint density at radius 1 is 1.54 bits per heavy atom. The predicted octanol–water partition coefficient (Wildman–Crippen LogP) is 2.69. The van der Waals surface area contributed by atoms with Crippen LogP contribution in [-0.4, -0.2) is 4.98 Å². The van der Waals surface area contributed by atoms with Gasteiger partial charge in [0.05, 0.1) is 0 Å². The van der Waals surface area contributed by atoms with Crippen LogP contribution >= 0.6 is 12.4 Å². The van der Waals surface area contributed by atoms with Crippen molar-refractivity contribution < 1.29 is 0 Å². The van der Waals surface area contributed by atoms with Gasteiger partial charge in [0.25, 0.3) is 0 Å². The molecule has 74 valence electrons. The fourth-order valence-electron chi connectivity index (χ4n) is 1.19. The number of halogens is 1. The number of rotatable bonds is 4. The van der Waals surface area contributed by atoms with E-state index in [9.17, 15) is 0 Å². The summed E-state index contributed by atoms with van der Waals surface area (Å²) in [5.41, 5.74) is 7.09. The van der Waals surface area contributed by atoms with E-state index in [0.717, 1.165) is 12.0 Å². The molecule has 1 aromatic rings. The Hall–Kier alpha value is -0.600. The van der Waals surface area contributed by atoms with Crippen molar-refractivity contribution in [2.75, 3.05) is 0 Å². The number of aromatic nitrogens is 1. The first-order valence-electron chi connectivity index (χ1n) is 4.50. The van der Waals surface area contributed by atoms with E-state index >= 15 is 0 Å². The second-order valence-corrected chi connectivity index (χ2v) is 3.04. The molecule has 1 aromatic heterocycles. The Bertz CT molecular complexity index is 213. The first kappa shape index (κ1) is 12.4. The molecule has 3 heteroatoms. The van der Waals surface area contributed by atoms with E-state index in [4.69, 9.17) is 5.73 Å². The lowest BCUT2D eigenvalue weighted by Crippen LogP contribution is -2.09. The van der Waals surface area contributed by atoms with Gasteiger partial charge >= 0.3 is 0 Å². The topological polar surface area (TPSA) is 38.9 Å². The lowest BCUT2D eigenvalue weighted by molar-refractivity contribution is 0.602. The van der Waals surface area contributed by atoms with Gasteiger partial charge in [-0.05, 0) is 18.1 Å². The first-order chi connectivity index (χ1) is 5.84. The highest BCUT2D eigenvalue weighted by atomic mass is 35.5. The third-order valence-corrected chi connectivity index (χ3v) is 1.98. The van der Waals surface area contributed by atoms with Gasteiger partial charge in [0.1, 0.15) is 0 Å². The molecule has 0 unspecified atom stereocenters. The van der Waals surface area contributed by atoms with E-state index in [1.54, 1.807) is 6.20 Å². The van der Waals surface area contributed by atoms with Gasteiger partial charge in [-0.15, -0.1) is 12.4 Å². The maximum atomic E-state index is 5.94. The second-order valence-electron chi connectivity index (χ2n) is 3.04. The summed E-state index contributed by atoms with van der Waals surface area (Å²) in [5.74, 6) is 0. The number of hydrogen-bond acceptors (Lipinski definition) is 2. The van der Waals surface area contributed by atoms with Crippen LogP contribution in [0.15, 0.2) is 24.5 Å². The third-order valence-electron chi connectivity index (χ3n) is 1.98. The van der Waals surface area contributed by atoms with Crippen molar-refractivity contribution in [2.24, 2.45) is 5.73 Å². The minimum absolute atomic E-state index is 0. The van der Waals surface area contributed by atoms with Crippen molar-refractivity contribution in [3.8, 4) is 0 Å². The van der Waals surface area contributed by atoms with Crippen LogP contribution in [0, 0.1) is 0 Å². The van der Waals surface area contributed by atoms with Gasteiger partial charge in [0, 0.05) is 18.4 Å². The van der Waals surface area contributed by atoms with Crippen molar-refractivity contribution in [2.45, 2.75) is 32.2 Å². The second kappa shape index (κ2) is 6.87. The monoisotopic (exact) mass is 200 g/mol. The van der Waals surface area contributed by atoms with Gasteiger partial charge in [-0.25, -0.2) is 0 Å². The van der Waals surface area contributed by atoms with Crippen LogP contribution in [0.2, 0.25) is 0 Å². The van der Waals surface area contributed by atoms with Crippen molar-refractivity contribution in [3.63, 3.8) is 0 Å². The van der Waals surface area contributed by atoms with Gasteiger partial charge in [-0.2, -0.15) is 0 Å². The molecule has 0 fully saturated rings. The standard InChI is InChI=1S/C10H16N2.ClH/c1-2-3-6-10(11)9-5-4-7-12-8-9;/h4-5,7-8,10H,2-3,6,11H2,1H3;1H/t10-;/m0./s1. The summed E-state index contributed by atoms with van der Waals surface area (Å²) in [4.78, 5) is 4.03. The van der Waals surface area contributed by atoms with Crippen LogP contribution in [-0.2, 0) is 0 Å². The summed E-state index contributed by atoms with van der Waals surface area (Å²) in [5, 5.41) is 0. The van der Waals surface area contributed by atoms with Crippen LogP contribution in [0.1, 0.15) is 37.8 Å². The van der Waals surface area contributed by atoms with Gasteiger partial charge in [0.2, 0.25) is 0 Å². The zero-order valence-corrected chi connectivity index (χ0v) is 8.76. The summed E-state index contributed by atoms with van der Waals surface area (Å²) in [6, 6.07) is 4.13. The van der Waals surface area contributed by atoms with Crippen molar-refractivity contribution in [1.82, 2.24) is 4.98 Å². The molecule has 0 aromatic carbocycles. The number of nitrogens with two attached hydrogens (primary N) is 1. The minimum Gasteiger partial charge on any atom is -0.324 e. The molecular weight excluding hydrogens is 184 g/mol. The largest absolute Gasteiger partial charge is 0.324 e. The van der Waals surface area contributed by atoms with Crippen molar-refractivity contribution in [1.29, 1.82) is 0 Å². The Kier molecular flexibility index (Phi) is 6.55. The Morgan fingerprint density at radius 3 is 2.85 bits per heavy atom. The summed E-state index contributed by atoms with van der Waals surface area (Å²) in [6.07, 6.45) is 7.07. The van der Waals surface area contributed by atoms with Crippen molar-refractivity contribution >= 4 is 12.4 Å². The van der Waals surface area contributed by atoms with E-state index in [2.05, 4.69) is 11.9 Å². The molecule has 13 heavy (non-hydrogen) atoms. The summed E-state index contributed by atoms with van der Waals surface area (Å²) >= 11 is 0. The highest BCUT2D eigenvalue weighted by Crippen LogP contribution is 2.14. The van der Waals surface area contributed by atoms with E-state index < -0.39 is 0 Å². The lowest BCUT2D eigenvalue weighted by atomic mass is 10.0. The molecule has 2 N–H and O–H groups in total. The maximum Gasteiger partial charge on any atom is 0.0315 e. The van der Waals surface area contributed by atoms with Gasteiger partial charge < -0.3 is 5.73 Å². The Labute approximate surface area is 86.0 Å². The van der Waals surface area contributed by atoms with Crippen molar-refractivity contribution in [3.05, 3.63) is 30.1 Å². The molecule has 1 atom stereocenters. The highest BCUT2D eigenvalue weighted by molar-refractivity contribution is 5.85. The SMILES string of the molecule is CCCC[C@H](N)c1cccnc1.Cl. The fraction of sp³-hybridized carbons (Fsp3) is 0.500. The maximum absolute atomic E-state index is 5.94. The van der Waals surface area contributed by atoms with Crippen LogP contribution < -0.4 is 5.73 Å². The number of unbranched alkanes of at least 4 members (excludes halogenated alkanes) is 1. The van der Waals surface area contributed by atoms with Crippen LogP contribution in [0.25, 0.3) is 0 Å². The summed E-state index contributed by atoms with van der Waals surface area (Å²) in [7, 11) is 0. The number of hydrogen-bond donors (Lipinski definition) is 1. The molecular formula is C10H17ClN2. The molecule has 0 aliphatic rings. The van der Waals surface area contributed by atoms with Crippen LogP contribution in [0.3, 0.4) is 0 Å². The molecule has 0 saturated heterocycles. The van der Waals surface area contributed by atoms with Gasteiger partial charge in [0.15, 0.2) is 0 Å². The predicted molar refractivity (Wildman–Crippen MR) is 57.9 cm³/mol. The molecule has 1 heterocycles. The van der Waals surface area contributed by atoms with Gasteiger partial charge in [-0.3, -0.25) is 4.98 Å². The average Bonchev–Trinajstić information content (AvgIpc) is 2.15. The first-order valence-corrected chi connectivity index (χ1v) is 4.50. The summed E-state index contributed by atoms with van der Waals surface area (Å²) in [6.45, 7) is 2.18. The highest BCUT2D eigenvalue weighted by Gasteiger charge is 2.03. The average molecular weight is 201 g/mol. The van der Waals surface area contributed by atoms with E-state index in [-0.39, 0.29) is 18.4 Å². The smallest absolute Gasteiger partial charge is 0.0315 e. The summed E-state index contributed by atoms with van der Waals surface area (Å²) < 4.78 is 0. The molecule has 1 rings (SSSR count). The van der Waals surface area contributed by atoms with Crippen LogP contribution in [0.4, 0.5) is 0 Å². The number of pyridine rings is 1. The van der Waals surface area contributed by atoms with E-state index in [1.807, 2.05) is 18.3 Å². The Balaban J connectivity index is 0.00000144. The molecule has 0 bridgehead atoms. The zero-order valence-electron chi connectivity index (χ0n) is 7.94. The lowest BCUT2D eigenvalue weighted by Gasteiger charge is -2.09. The number of nitrogens with zero attached hydrogens (tertiary/aromatic N) is 1. The molecule has 2 nitrogen and oxygen atoms in total. The molecule has 0 radical (unpaired) electrons. The quantitative estimate of drug-likeness (QED) is 0.812. The van der Waals surface area contributed by atoms with Gasteiger partial charge in [-0.1, -0.05) is 25.8 Å². The minimum atomic E-state index is 0. The molecule has 0 aliphatic carbocycles.